The number of hydrogen-bond acceptors (Lipinski definition) is 6. The maximum absolute atomic E-state index is 10.9. The summed E-state index contributed by atoms with van der Waals surface area (Å²) in [5, 5.41) is 17.4. The number of benzene rings is 4. The first kappa shape index (κ1) is 23.1. The summed E-state index contributed by atoms with van der Waals surface area (Å²) in [6.07, 6.45) is 1.49. The Kier molecular flexibility index (Phi) is 7.25. The molecule has 0 fully saturated rings. The smallest absolute Gasteiger partial charge is 0.269 e. The van der Waals surface area contributed by atoms with Crippen LogP contribution in [0.4, 0.5) is 5.69 Å². The summed E-state index contributed by atoms with van der Waals surface area (Å²) < 4.78 is 11.5. The number of nitro benzene ring substituents is 1. The number of hydrogen-bond donors (Lipinski definition) is 0. The topological polar surface area (TPSA) is 83.2 Å². The van der Waals surface area contributed by atoms with E-state index in [1.165, 1.54) is 25.5 Å². The second-order valence-electron chi connectivity index (χ2n) is 7.40. The lowest BCUT2D eigenvalue weighted by atomic mass is 10.1. The fourth-order valence-corrected chi connectivity index (χ4v) is 3.77. The van der Waals surface area contributed by atoms with Crippen LogP contribution in [-0.4, -0.2) is 18.2 Å². The molecule has 7 nitrogen and oxygen atoms in total. The summed E-state index contributed by atoms with van der Waals surface area (Å²) in [6.45, 7) is 0.423. The van der Waals surface area contributed by atoms with Crippen LogP contribution in [0.2, 0.25) is 5.02 Å². The van der Waals surface area contributed by atoms with Gasteiger partial charge < -0.3 is 14.3 Å². The molecule has 0 heterocycles. The van der Waals surface area contributed by atoms with Gasteiger partial charge in [0.1, 0.15) is 13.2 Å². The predicted molar refractivity (Wildman–Crippen MR) is 132 cm³/mol. The minimum atomic E-state index is -0.453. The third kappa shape index (κ3) is 5.44. The average molecular weight is 477 g/mol. The van der Waals surface area contributed by atoms with Crippen LogP contribution in [0.15, 0.2) is 84.0 Å². The van der Waals surface area contributed by atoms with Gasteiger partial charge in [-0.3, -0.25) is 10.1 Å². The summed E-state index contributed by atoms with van der Waals surface area (Å²) >= 11 is 6.48. The second-order valence-corrected chi connectivity index (χ2v) is 7.80. The van der Waals surface area contributed by atoms with Crippen LogP contribution >= 0.6 is 11.6 Å². The predicted octanol–water partition coefficient (Wildman–Crippen LogP) is 6.54. The Balaban J connectivity index is 1.44. The molecular formula is C26H21ClN2O5. The molecule has 0 aliphatic carbocycles. The minimum Gasteiger partial charge on any atom is -0.493 e. The number of nitrogens with zero attached hydrogens (tertiary/aromatic N) is 2. The Morgan fingerprint density at radius 2 is 1.79 bits per heavy atom. The van der Waals surface area contributed by atoms with Gasteiger partial charge in [0, 0.05) is 17.7 Å². The number of ether oxygens (including phenoxy) is 2. The fraction of sp³-hybridized carbons (Fsp3) is 0.115. The molecule has 0 saturated carbocycles. The molecule has 0 aliphatic heterocycles. The lowest BCUT2D eigenvalue weighted by Gasteiger charge is -2.14. The van der Waals surface area contributed by atoms with Crippen molar-refractivity contribution in [3.63, 3.8) is 0 Å². The Labute approximate surface area is 201 Å². The highest BCUT2D eigenvalue weighted by Gasteiger charge is 2.13. The van der Waals surface area contributed by atoms with Gasteiger partial charge in [-0.1, -0.05) is 71.4 Å². The Morgan fingerprint density at radius 1 is 1.00 bits per heavy atom. The number of non-ortho nitro benzene ring substituents is 1. The monoisotopic (exact) mass is 476 g/mol. The first-order valence-corrected chi connectivity index (χ1v) is 10.8. The highest BCUT2D eigenvalue weighted by Crippen LogP contribution is 2.37. The molecule has 0 aliphatic rings. The van der Waals surface area contributed by atoms with E-state index < -0.39 is 4.92 Å². The SMILES string of the molecule is COc1cc(/C=N\OCc2cccc([N+](=O)[O-])c2)cc(Cl)c1OCc1cccc2ccccc12. The highest BCUT2D eigenvalue weighted by molar-refractivity contribution is 6.32. The Morgan fingerprint density at radius 3 is 2.62 bits per heavy atom. The average Bonchev–Trinajstić information content (AvgIpc) is 2.86. The number of nitro groups is 1. The van der Waals surface area contributed by atoms with Crippen LogP contribution < -0.4 is 9.47 Å². The molecule has 172 valence electrons. The largest absolute Gasteiger partial charge is 0.493 e. The van der Waals surface area contributed by atoms with Gasteiger partial charge in [-0.15, -0.1) is 0 Å². The first-order valence-electron chi connectivity index (χ1n) is 10.4. The lowest BCUT2D eigenvalue weighted by Crippen LogP contribution is -2.00. The second kappa shape index (κ2) is 10.7. The van der Waals surface area contributed by atoms with Crippen molar-refractivity contribution in [3.05, 3.63) is 111 Å². The summed E-state index contributed by atoms with van der Waals surface area (Å²) in [4.78, 5) is 15.7. The number of halogens is 1. The minimum absolute atomic E-state index is 0.000636. The van der Waals surface area contributed by atoms with E-state index in [0.717, 1.165) is 16.3 Å². The van der Waals surface area contributed by atoms with Crippen molar-refractivity contribution < 1.29 is 19.2 Å². The van der Waals surface area contributed by atoms with E-state index in [4.69, 9.17) is 25.9 Å². The molecule has 0 amide bonds. The zero-order chi connectivity index (χ0) is 23.9. The molecule has 4 aromatic rings. The van der Waals surface area contributed by atoms with Crippen molar-refractivity contribution in [3.8, 4) is 11.5 Å². The summed E-state index contributed by atoms with van der Waals surface area (Å²) in [6, 6.07) is 23.8. The molecular weight excluding hydrogens is 456 g/mol. The normalized spacial score (nSPS) is 11.0. The Hall–Kier alpha value is -4.10. The van der Waals surface area contributed by atoms with E-state index >= 15 is 0 Å². The lowest BCUT2D eigenvalue weighted by molar-refractivity contribution is -0.384. The maximum Gasteiger partial charge on any atom is 0.269 e. The van der Waals surface area contributed by atoms with E-state index in [-0.39, 0.29) is 12.3 Å². The summed E-state index contributed by atoms with van der Waals surface area (Å²) in [5.74, 6) is 0.902. The number of fused-ring (bicyclic) bond motifs is 1. The molecule has 0 aromatic heterocycles. The van der Waals surface area contributed by atoms with Gasteiger partial charge in [0.05, 0.1) is 23.3 Å². The molecule has 4 rings (SSSR count). The van der Waals surface area contributed by atoms with Gasteiger partial charge >= 0.3 is 0 Å². The summed E-state index contributed by atoms with van der Waals surface area (Å²) in [5.41, 5.74) is 2.33. The quantitative estimate of drug-likeness (QED) is 0.155. The van der Waals surface area contributed by atoms with Gasteiger partial charge in [-0.05, 0) is 34.0 Å². The molecule has 0 saturated heterocycles. The van der Waals surface area contributed by atoms with Crippen LogP contribution in [0.25, 0.3) is 10.8 Å². The number of oxime groups is 1. The highest BCUT2D eigenvalue weighted by atomic mass is 35.5. The van der Waals surface area contributed by atoms with Gasteiger partial charge in [0.2, 0.25) is 0 Å². The van der Waals surface area contributed by atoms with Crippen molar-refractivity contribution in [1.29, 1.82) is 0 Å². The van der Waals surface area contributed by atoms with Crippen molar-refractivity contribution in [2.45, 2.75) is 13.2 Å². The molecule has 0 unspecified atom stereocenters. The molecule has 0 radical (unpaired) electrons. The van der Waals surface area contributed by atoms with Crippen LogP contribution in [0.5, 0.6) is 11.5 Å². The number of methoxy groups -OCH3 is 1. The molecule has 8 heteroatoms. The first-order chi connectivity index (χ1) is 16.5. The number of rotatable bonds is 9. The van der Waals surface area contributed by atoms with Crippen molar-refractivity contribution >= 4 is 34.3 Å². The van der Waals surface area contributed by atoms with E-state index in [1.807, 2.05) is 24.3 Å². The van der Waals surface area contributed by atoms with Gasteiger partial charge in [-0.25, -0.2) is 0 Å². The molecule has 34 heavy (non-hydrogen) atoms. The van der Waals surface area contributed by atoms with Crippen LogP contribution in [0.1, 0.15) is 16.7 Å². The van der Waals surface area contributed by atoms with Crippen LogP contribution in [0, 0.1) is 10.1 Å². The van der Waals surface area contributed by atoms with Crippen molar-refractivity contribution in [2.24, 2.45) is 5.16 Å². The van der Waals surface area contributed by atoms with E-state index in [1.54, 1.807) is 24.3 Å². The van der Waals surface area contributed by atoms with E-state index in [9.17, 15) is 10.1 Å². The van der Waals surface area contributed by atoms with Crippen LogP contribution in [-0.2, 0) is 18.1 Å². The van der Waals surface area contributed by atoms with Gasteiger partial charge in [0.25, 0.3) is 5.69 Å². The van der Waals surface area contributed by atoms with E-state index in [2.05, 4.69) is 23.4 Å². The zero-order valence-electron chi connectivity index (χ0n) is 18.3. The standard InChI is InChI=1S/C26H21ClN2O5/c1-32-25-14-19(15-28-34-16-18-6-4-10-22(12-18)29(30)31)13-24(27)26(25)33-17-21-9-5-8-20-7-2-3-11-23(20)21/h2-15H,16-17H2,1H3/b28-15-. The molecule has 0 N–H and O–H groups in total. The molecule has 4 aromatic carbocycles. The van der Waals surface area contributed by atoms with Crippen molar-refractivity contribution in [1.82, 2.24) is 0 Å². The van der Waals surface area contributed by atoms with Gasteiger partial charge in [0.15, 0.2) is 11.5 Å². The third-order valence-electron chi connectivity index (χ3n) is 5.13. The van der Waals surface area contributed by atoms with Gasteiger partial charge in [-0.2, -0.15) is 0 Å². The maximum atomic E-state index is 10.9. The molecule has 0 spiro atoms. The van der Waals surface area contributed by atoms with Crippen molar-refractivity contribution in [2.75, 3.05) is 7.11 Å². The third-order valence-corrected chi connectivity index (χ3v) is 5.41. The molecule has 0 atom stereocenters. The van der Waals surface area contributed by atoms with E-state index in [0.29, 0.717) is 34.3 Å². The van der Waals surface area contributed by atoms with Crippen LogP contribution in [0.3, 0.4) is 0 Å². The summed E-state index contributed by atoms with van der Waals surface area (Å²) in [7, 11) is 1.54. The molecule has 0 bridgehead atoms. The fourth-order valence-electron chi connectivity index (χ4n) is 3.49. The zero-order valence-corrected chi connectivity index (χ0v) is 19.1. The Bertz CT molecular complexity index is 1350.